The van der Waals surface area contributed by atoms with E-state index in [0.29, 0.717) is 6.42 Å². The lowest BCUT2D eigenvalue weighted by Gasteiger charge is -2.17. The Bertz CT molecular complexity index is 802. The van der Waals surface area contributed by atoms with Crippen molar-refractivity contribution in [2.45, 2.75) is 12.3 Å². The average Bonchev–Trinajstić information content (AvgIpc) is 2.68. The molecule has 0 saturated heterocycles. The van der Waals surface area contributed by atoms with Crippen molar-refractivity contribution in [1.82, 2.24) is 4.98 Å². The molecule has 25 heavy (non-hydrogen) atoms. The summed E-state index contributed by atoms with van der Waals surface area (Å²) in [4.78, 5) is 17.3. The van der Waals surface area contributed by atoms with Crippen LogP contribution in [0.15, 0.2) is 79.0 Å². The molecule has 1 aromatic heterocycles. The number of methoxy groups -OCH3 is 1. The molecule has 1 unspecified atom stereocenters. The van der Waals surface area contributed by atoms with Crippen LogP contribution in [0.5, 0.6) is 5.75 Å². The van der Waals surface area contributed by atoms with E-state index < -0.39 is 0 Å². The van der Waals surface area contributed by atoms with E-state index in [9.17, 15) is 4.79 Å². The van der Waals surface area contributed by atoms with Gasteiger partial charge < -0.3 is 10.1 Å². The number of ether oxygens (including phenoxy) is 1. The molecule has 0 saturated carbocycles. The van der Waals surface area contributed by atoms with Crippen LogP contribution in [-0.4, -0.2) is 18.0 Å². The smallest absolute Gasteiger partial charge is 0.232 e. The van der Waals surface area contributed by atoms with Crippen LogP contribution in [0.2, 0.25) is 0 Å². The van der Waals surface area contributed by atoms with Crippen LogP contribution in [-0.2, 0) is 11.2 Å². The molecule has 4 heteroatoms. The van der Waals surface area contributed by atoms with Crippen LogP contribution in [0.4, 0.5) is 5.69 Å². The number of nitrogens with zero attached hydrogens (tertiary/aromatic N) is 1. The highest BCUT2D eigenvalue weighted by molar-refractivity contribution is 5.96. The van der Waals surface area contributed by atoms with Gasteiger partial charge in [-0.05, 0) is 42.0 Å². The van der Waals surface area contributed by atoms with Crippen molar-refractivity contribution in [3.05, 3.63) is 90.3 Å². The van der Waals surface area contributed by atoms with Crippen LogP contribution < -0.4 is 10.1 Å². The quantitative estimate of drug-likeness (QED) is 0.741. The molecular weight excluding hydrogens is 312 g/mol. The van der Waals surface area contributed by atoms with Crippen LogP contribution in [0, 0.1) is 0 Å². The van der Waals surface area contributed by atoms with Gasteiger partial charge in [-0.25, -0.2) is 0 Å². The van der Waals surface area contributed by atoms with E-state index in [1.807, 2.05) is 72.8 Å². The Morgan fingerprint density at radius 3 is 2.36 bits per heavy atom. The summed E-state index contributed by atoms with van der Waals surface area (Å²) in [6.07, 6.45) is 2.30. The molecule has 2 aromatic carbocycles. The zero-order valence-electron chi connectivity index (χ0n) is 14.1. The monoisotopic (exact) mass is 332 g/mol. The van der Waals surface area contributed by atoms with Crippen molar-refractivity contribution in [3.63, 3.8) is 0 Å². The zero-order chi connectivity index (χ0) is 17.5. The third-order valence-electron chi connectivity index (χ3n) is 4.02. The standard InChI is InChI=1S/C21H20N2O2/c1-25-19-12-10-17(11-13-19)23-21(24)20(16-7-3-2-4-8-16)15-18-9-5-6-14-22-18/h2-14,20H,15H2,1H3,(H,23,24). The van der Waals surface area contributed by atoms with Crippen LogP contribution in [0.25, 0.3) is 0 Å². The Morgan fingerprint density at radius 1 is 1.00 bits per heavy atom. The zero-order valence-corrected chi connectivity index (χ0v) is 14.1. The normalized spacial score (nSPS) is 11.6. The van der Waals surface area contributed by atoms with E-state index in [-0.39, 0.29) is 11.8 Å². The molecule has 0 aliphatic rings. The fourth-order valence-corrected chi connectivity index (χ4v) is 2.68. The van der Waals surface area contributed by atoms with Crippen molar-refractivity contribution in [1.29, 1.82) is 0 Å². The maximum absolute atomic E-state index is 12.9. The summed E-state index contributed by atoms with van der Waals surface area (Å²) < 4.78 is 5.15. The van der Waals surface area contributed by atoms with Crippen molar-refractivity contribution >= 4 is 11.6 Å². The predicted molar refractivity (Wildman–Crippen MR) is 98.7 cm³/mol. The fourth-order valence-electron chi connectivity index (χ4n) is 2.68. The molecule has 0 aliphatic carbocycles. The number of anilines is 1. The molecule has 3 rings (SSSR count). The van der Waals surface area contributed by atoms with Crippen LogP contribution in [0.1, 0.15) is 17.2 Å². The van der Waals surface area contributed by atoms with Crippen molar-refractivity contribution < 1.29 is 9.53 Å². The topological polar surface area (TPSA) is 51.2 Å². The Balaban J connectivity index is 1.81. The lowest BCUT2D eigenvalue weighted by atomic mass is 9.93. The van der Waals surface area contributed by atoms with E-state index >= 15 is 0 Å². The molecule has 3 aromatic rings. The predicted octanol–water partition coefficient (Wildman–Crippen LogP) is 4.06. The summed E-state index contributed by atoms with van der Waals surface area (Å²) in [6, 6.07) is 22.9. The highest BCUT2D eigenvalue weighted by Gasteiger charge is 2.21. The number of pyridine rings is 1. The first kappa shape index (κ1) is 16.7. The summed E-state index contributed by atoms with van der Waals surface area (Å²) in [5, 5.41) is 2.99. The van der Waals surface area contributed by atoms with Gasteiger partial charge in [0.05, 0.1) is 13.0 Å². The first-order valence-electron chi connectivity index (χ1n) is 8.16. The third kappa shape index (κ3) is 4.44. The van der Waals surface area contributed by atoms with Gasteiger partial charge in [0.25, 0.3) is 0 Å². The maximum atomic E-state index is 12.9. The Kier molecular flexibility index (Phi) is 5.42. The van der Waals surface area contributed by atoms with E-state index in [0.717, 1.165) is 22.7 Å². The third-order valence-corrected chi connectivity index (χ3v) is 4.02. The second-order valence-corrected chi connectivity index (χ2v) is 5.71. The highest BCUT2D eigenvalue weighted by atomic mass is 16.5. The first-order valence-corrected chi connectivity index (χ1v) is 8.16. The minimum Gasteiger partial charge on any atom is -0.497 e. The summed E-state index contributed by atoms with van der Waals surface area (Å²) in [6.45, 7) is 0. The van der Waals surface area contributed by atoms with Gasteiger partial charge >= 0.3 is 0 Å². The molecule has 0 bridgehead atoms. The Hall–Kier alpha value is -3.14. The summed E-state index contributed by atoms with van der Waals surface area (Å²) in [7, 11) is 1.62. The minimum atomic E-state index is -0.307. The van der Waals surface area contributed by atoms with Gasteiger partial charge in [-0.2, -0.15) is 0 Å². The molecule has 1 heterocycles. The SMILES string of the molecule is COc1ccc(NC(=O)C(Cc2ccccn2)c2ccccc2)cc1. The van der Waals surface area contributed by atoms with Crippen molar-refractivity contribution in [3.8, 4) is 5.75 Å². The molecule has 1 N–H and O–H groups in total. The number of hydrogen-bond donors (Lipinski definition) is 1. The van der Waals surface area contributed by atoms with Gasteiger partial charge in [0.2, 0.25) is 5.91 Å². The number of benzene rings is 2. The van der Waals surface area contributed by atoms with Crippen LogP contribution >= 0.6 is 0 Å². The number of rotatable bonds is 6. The van der Waals surface area contributed by atoms with Gasteiger partial charge in [-0.3, -0.25) is 9.78 Å². The average molecular weight is 332 g/mol. The molecule has 1 amide bonds. The Labute approximate surface area is 147 Å². The lowest BCUT2D eigenvalue weighted by molar-refractivity contribution is -0.117. The number of hydrogen-bond acceptors (Lipinski definition) is 3. The van der Waals surface area contributed by atoms with E-state index in [4.69, 9.17) is 4.74 Å². The highest BCUT2D eigenvalue weighted by Crippen LogP contribution is 2.23. The minimum absolute atomic E-state index is 0.0537. The van der Waals surface area contributed by atoms with E-state index in [1.54, 1.807) is 13.3 Å². The summed E-state index contributed by atoms with van der Waals surface area (Å²) >= 11 is 0. The number of amides is 1. The summed E-state index contributed by atoms with van der Waals surface area (Å²) in [5.41, 5.74) is 2.60. The summed E-state index contributed by atoms with van der Waals surface area (Å²) in [5.74, 6) is 0.395. The van der Waals surface area contributed by atoms with Gasteiger partial charge in [0.15, 0.2) is 0 Å². The lowest BCUT2D eigenvalue weighted by Crippen LogP contribution is -2.23. The van der Waals surface area contributed by atoms with E-state index in [2.05, 4.69) is 10.3 Å². The van der Waals surface area contributed by atoms with Gasteiger partial charge in [0.1, 0.15) is 5.75 Å². The maximum Gasteiger partial charge on any atom is 0.232 e. The number of nitrogens with one attached hydrogen (secondary N) is 1. The molecule has 0 aliphatic heterocycles. The molecule has 4 nitrogen and oxygen atoms in total. The Morgan fingerprint density at radius 2 is 1.72 bits per heavy atom. The second-order valence-electron chi connectivity index (χ2n) is 5.71. The molecule has 0 spiro atoms. The molecule has 0 fully saturated rings. The number of carbonyl (C=O) groups is 1. The van der Waals surface area contributed by atoms with E-state index in [1.165, 1.54) is 0 Å². The van der Waals surface area contributed by atoms with Crippen molar-refractivity contribution in [2.24, 2.45) is 0 Å². The van der Waals surface area contributed by atoms with Gasteiger partial charge in [-0.1, -0.05) is 36.4 Å². The fraction of sp³-hybridized carbons (Fsp3) is 0.143. The second kappa shape index (κ2) is 8.11. The largest absolute Gasteiger partial charge is 0.497 e. The molecule has 126 valence electrons. The number of aromatic nitrogens is 1. The first-order chi connectivity index (χ1) is 12.3. The van der Waals surface area contributed by atoms with Crippen LogP contribution in [0.3, 0.4) is 0 Å². The molecular formula is C21H20N2O2. The molecule has 1 atom stereocenters. The van der Waals surface area contributed by atoms with Gasteiger partial charge in [0, 0.05) is 24.0 Å². The van der Waals surface area contributed by atoms with Gasteiger partial charge in [-0.15, -0.1) is 0 Å². The van der Waals surface area contributed by atoms with Crippen molar-refractivity contribution in [2.75, 3.05) is 12.4 Å². The molecule has 0 radical (unpaired) electrons. The number of carbonyl (C=O) groups excluding carboxylic acids is 1.